The summed E-state index contributed by atoms with van der Waals surface area (Å²) in [5, 5.41) is 9.09. The van der Waals surface area contributed by atoms with Gasteiger partial charge in [0.1, 0.15) is 6.04 Å². The maximum Gasteiger partial charge on any atom is 0.322 e. The highest BCUT2D eigenvalue weighted by Crippen LogP contribution is 2.27. The van der Waals surface area contributed by atoms with Gasteiger partial charge in [-0.3, -0.25) is 4.79 Å². The summed E-state index contributed by atoms with van der Waals surface area (Å²) in [5.41, 5.74) is 0.556. The average Bonchev–Trinajstić information content (AvgIpc) is 2.66. The second-order valence-corrected chi connectivity index (χ2v) is 8.37. The number of carbonyl (C=O) groups is 1. The Bertz CT molecular complexity index is 551. The normalized spacial score (nSPS) is 15.2. The Balaban J connectivity index is 3.04. The van der Waals surface area contributed by atoms with Crippen molar-refractivity contribution < 1.29 is 18.3 Å². The number of aliphatic carboxylic acids is 1. The molecule has 0 aromatic carbocycles. The van der Waals surface area contributed by atoms with Crippen LogP contribution < -0.4 is 4.72 Å². The summed E-state index contributed by atoms with van der Waals surface area (Å²) >= 11 is 4.15. The van der Waals surface area contributed by atoms with Crippen LogP contribution in [-0.4, -0.2) is 30.5 Å². The Morgan fingerprint density at radius 2 is 2.16 bits per heavy atom. The Morgan fingerprint density at radius 3 is 2.53 bits per heavy atom. The summed E-state index contributed by atoms with van der Waals surface area (Å²) in [6.07, 6.45) is 0.556. The number of hydrogen-bond acceptors (Lipinski definition) is 5. The van der Waals surface area contributed by atoms with Crippen molar-refractivity contribution in [2.75, 3.05) is 0 Å². The number of nitrogens with zero attached hydrogens (tertiary/aromatic N) is 1. The molecular weight excluding hydrogens is 356 g/mol. The number of thiazole rings is 1. The van der Waals surface area contributed by atoms with Crippen LogP contribution >= 0.6 is 27.3 Å². The van der Waals surface area contributed by atoms with E-state index in [4.69, 9.17) is 5.11 Å². The molecule has 1 aromatic heterocycles. The van der Waals surface area contributed by atoms with Gasteiger partial charge in [-0.15, -0.1) is 0 Å². The van der Waals surface area contributed by atoms with Gasteiger partial charge in [0.05, 0.1) is 9.48 Å². The van der Waals surface area contributed by atoms with E-state index in [2.05, 4.69) is 25.6 Å². The predicted octanol–water partition coefficient (Wildman–Crippen LogP) is 1.99. The van der Waals surface area contributed by atoms with E-state index >= 15 is 0 Å². The second kappa shape index (κ2) is 6.29. The van der Waals surface area contributed by atoms with Gasteiger partial charge < -0.3 is 5.11 Å². The minimum absolute atomic E-state index is 0.133. The van der Waals surface area contributed by atoms with Crippen LogP contribution in [0.3, 0.4) is 0 Å². The summed E-state index contributed by atoms with van der Waals surface area (Å²) in [6, 6.07) is -1.15. The fraction of sp³-hybridized carbons (Fsp3) is 0.600. The molecule has 0 saturated heterocycles. The van der Waals surface area contributed by atoms with Crippen LogP contribution in [0.1, 0.15) is 26.0 Å². The molecule has 0 aliphatic rings. The largest absolute Gasteiger partial charge is 0.480 e. The standard InChI is InChI=1S/C10H15BrN2O4S2/c1-4-5(2)7(9(14)15)13-19(16,17)10-12-6(3)8(11)18-10/h5,7,13H,4H2,1-3H3,(H,14,15)/t5-,7-/m0/s1. The first kappa shape index (κ1) is 16.5. The number of carboxylic acid groups (broad SMARTS) is 1. The first-order chi connectivity index (χ1) is 8.69. The quantitative estimate of drug-likeness (QED) is 0.797. The lowest BCUT2D eigenvalue weighted by atomic mass is 10.0. The molecule has 1 heterocycles. The predicted molar refractivity (Wildman–Crippen MR) is 75.8 cm³/mol. The Morgan fingerprint density at radius 1 is 1.58 bits per heavy atom. The van der Waals surface area contributed by atoms with Crippen LogP contribution in [0.4, 0.5) is 0 Å². The molecule has 0 amide bonds. The van der Waals surface area contributed by atoms with Gasteiger partial charge in [-0.1, -0.05) is 31.6 Å². The Labute approximate surface area is 124 Å². The summed E-state index contributed by atoms with van der Waals surface area (Å²) in [5.74, 6) is -1.50. The van der Waals surface area contributed by atoms with Gasteiger partial charge >= 0.3 is 5.97 Å². The van der Waals surface area contributed by atoms with E-state index < -0.39 is 22.0 Å². The van der Waals surface area contributed by atoms with E-state index in [-0.39, 0.29) is 10.3 Å². The number of aromatic nitrogens is 1. The van der Waals surface area contributed by atoms with Crippen molar-refractivity contribution in [2.45, 2.75) is 37.6 Å². The van der Waals surface area contributed by atoms with Gasteiger partial charge in [-0.25, -0.2) is 13.4 Å². The van der Waals surface area contributed by atoms with Crippen LogP contribution in [-0.2, 0) is 14.8 Å². The molecule has 19 heavy (non-hydrogen) atoms. The molecule has 0 fully saturated rings. The van der Waals surface area contributed by atoms with Crippen molar-refractivity contribution in [3.63, 3.8) is 0 Å². The zero-order valence-electron chi connectivity index (χ0n) is 10.7. The molecule has 1 rings (SSSR count). The lowest BCUT2D eigenvalue weighted by Gasteiger charge is -2.19. The zero-order chi connectivity index (χ0) is 14.8. The Kier molecular flexibility index (Phi) is 5.48. The highest BCUT2D eigenvalue weighted by atomic mass is 79.9. The van der Waals surface area contributed by atoms with Crippen molar-refractivity contribution in [1.29, 1.82) is 0 Å². The number of sulfonamides is 1. The van der Waals surface area contributed by atoms with E-state index in [0.29, 0.717) is 15.9 Å². The summed E-state index contributed by atoms with van der Waals surface area (Å²) < 4.78 is 26.9. The third kappa shape index (κ3) is 3.98. The number of halogens is 1. The molecule has 0 spiro atoms. The SMILES string of the molecule is CC[C@H](C)[C@H](NS(=O)(=O)c1nc(C)c(Br)s1)C(=O)O. The maximum atomic E-state index is 12.1. The molecule has 1 aromatic rings. The number of aryl methyl sites for hydroxylation is 1. The van der Waals surface area contributed by atoms with Crippen LogP contribution in [0.5, 0.6) is 0 Å². The molecule has 0 radical (unpaired) electrons. The molecule has 6 nitrogen and oxygen atoms in total. The van der Waals surface area contributed by atoms with Crippen molar-refractivity contribution in [3.8, 4) is 0 Å². The lowest BCUT2D eigenvalue weighted by molar-refractivity contribution is -0.140. The third-order valence-electron chi connectivity index (χ3n) is 2.71. The first-order valence-corrected chi connectivity index (χ1v) is 8.66. The van der Waals surface area contributed by atoms with Crippen LogP contribution in [0.15, 0.2) is 8.13 Å². The van der Waals surface area contributed by atoms with Crippen molar-refractivity contribution in [3.05, 3.63) is 9.48 Å². The van der Waals surface area contributed by atoms with Gasteiger partial charge in [0.2, 0.25) is 4.34 Å². The molecule has 0 saturated carbocycles. The van der Waals surface area contributed by atoms with Crippen LogP contribution in [0.25, 0.3) is 0 Å². The molecule has 9 heteroatoms. The summed E-state index contributed by atoms with van der Waals surface area (Å²) in [6.45, 7) is 5.16. The number of carboxylic acids is 1. The van der Waals surface area contributed by atoms with Gasteiger partial charge in [0.15, 0.2) is 0 Å². The molecule has 0 unspecified atom stereocenters. The Hall–Kier alpha value is -0.510. The molecule has 0 bridgehead atoms. The second-order valence-electron chi connectivity index (χ2n) is 4.16. The van der Waals surface area contributed by atoms with Gasteiger partial charge in [-0.05, 0) is 28.8 Å². The number of nitrogens with one attached hydrogen (secondary N) is 1. The fourth-order valence-corrected chi connectivity index (χ4v) is 4.59. The van der Waals surface area contributed by atoms with Crippen molar-refractivity contribution in [1.82, 2.24) is 9.71 Å². The molecule has 0 aliphatic heterocycles. The minimum atomic E-state index is -3.91. The number of rotatable bonds is 6. The van der Waals surface area contributed by atoms with Crippen molar-refractivity contribution in [2.24, 2.45) is 5.92 Å². The molecule has 2 N–H and O–H groups in total. The van der Waals surface area contributed by atoms with Gasteiger partial charge in [0, 0.05) is 0 Å². The van der Waals surface area contributed by atoms with E-state index in [0.717, 1.165) is 11.3 Å². The molecular formula is C10H15BrN2O4S2. The van der Waals surface area contributed by atoms with E-state index in [1.54, 1.807) is 20.8 Å². The monoisotopic (exact) mass is 370 g/mol. The number of hydrogen-bond donors (Lipinski definition) is 2. The average molecular weight is 371 g/mol. The maximum absolute atomic E-state index is 12.1. The van der Waals surface area contributed by atoms with Crippen molar-refractivity contribution >= 4 is 43.3 Å². The third-order valence-corrected chi connectivity index (χ3v) is 6.53. The first-order valence-electron chi connectivity index (χ1n) is 5.57. The highest BCUT2D eigenvalue weighted by molar-refractivity contribution is 9.11. The van der Waals surface area contributed by atoms with Crippen LogP contribution in [0.2, 0.25) is 0 Å². The van der Waals surface area contributed by atoms with Gasteiger partial charge in [0.25, 0.3) is 10.0 Å². The fourth-order valence-electron chi connectivity index (χ4n) is 1.33. The minimum Gasteiger partial charge on any atom is -0.480 e. The highest BCUT2D eigenvalue weighted by Gasteiger charge is 2.31. The molecule has 0 aliphatic carbocycles. The topological polar surface area (TPSA) is 96.4 Å². The van der Waals surface area contributed by atoms with Gasteiger partial charge in [-0.2, -0.15) is 4.72 Å². The smallest absolute Gasteiger partial charge is 0.322 e. The summed E-state index contributed by atoms with van der Waals surface area (Å²) in [7, 11) is -3.91. The molecule has 2 atom stereocenters. The van der Waals surface area contributed by atoms with E-state index in [1.165, 1.54) is 0 Å². The lowest BCUT2D eigenvalue weighted by Crippen LogP contribution is -2.44. The zero-order valence-corrected chi connectivity index (χ0v) is 13.9. The van der Waals surface area contributed by atoms with E-state index in [9.17, 15) is 13.2 Å². The van der Waals surface area contributed by atoms with E-state index in [1.807, 2.05) is 0 Å². The van der Waals surface area contributed by atoms with Crippen LogP contribution in [0, 0.1) is 12.8 Å². The molecule has 108 valence electrons. The summed E-state index contributed by atoms with van der Waals surface area (Å²) in [4.78, 5) is 15.0.